The summed E-state index contributed by atoms with van der Waals surface area (Å²) in [7, 11) is 0. The molecule has 0 nitrogen and oxygen atoms in total. The topological polar surface area (TPSA) is 0 Å². The highest BCUT2D eigenvalue weighted by molar-refractivity contribution is 6.03. The Kier molecular flexibility index (Phi) is 4.26. The molecule has 0 unspecified atom stereocenters. The normalized spacial score (nSPS) is 13.6. The van der Waals surface area contributed by atoms with Gasteiger partial charge in [0.25, 0.3) is 0 Å². The van der Waals surface area contributed by atoms with Crippen molar-refractivity contribution in [1.82, 2.24) is 0 Å². The molecule has 0 bridgehead atoms. The highest BCUT2D eigenvalue weighted by Gasteiger charge is 2.23. The van der Waals surface area contributed by atoms with Crippen LogP contribution in [0.4, 0.5) is 0 Å². The Bertz CT molecular complexity index is 967. The Morgan fingerprint density at radius 2 is 1.00 bits per heavy atom. The van der Waals surface area contributed by atoms with Crippen LogP contribution in [0.15, 0.2) is 42.5 Å². The van der Waals surface area contributed by atoms with Gasteiger partial charge in [-0.15, -0.1) is 0 Å². The largest absolute Gasteiger partial charge is 0.0579 e. The van der Waals surface area contributed by atoms with Crippen molar-refractivity contribution in [3.63, 3.8) is 0 Å². The fraction of sp³-hybridized carbons (Fsp3) is 0.462. The maximum Gasteiger partial charge on any atom is -0.0120 e. The van der Waals surface area contributed by atoms with Crippen LogP contribution < -0.4 is 0 Å². The van der Waals surface area contributed by atoms with Gasteiger partial charge in [0.1, 0.15) is 0 Å². The van der Waals surface area contributed by atoms with Crippen LogP contribution in [0.2, 0.25) is 0 Å². The molecule has 0 heteroatoms. The third-order valence-electron chi connectivity index (χ3n) is 5.44. The van der Waals surface area contributed by atoms with Gasteiger partial charge < -0.3 is 0 Å². The van der Waals surface area contributed by atoms with Gasteiger partial charge in [0.15, 0.2) is 0 Å². The Morgan fingerprint density at radius 3 is 1.54 bits per heavy atom. The Hall–Kier alpha value is -1.82. The second-order valence-corrected chi connectivity index (χ2v) is 10.9. The third-order valence-corrected chi connectivity index (χ3v) is 5.44. The van der Waals surface area contributed by atoms with E-state index in [-0.39, 0.29) is 16.2 Å². The van der Waals surface area contributed by atoms with Gasteiger partial charge in [-0.25, -0.2) is 0 Å². The van der Waals surface area contributed by atoms with Crippen molar-refractivity contribution in [3.05, 3.63) is 59.2 Å². The second-order valence-electron chi connectivity index (χ2n) is 10.9. The molecular formula is C26H34. The number of hydrogen-bond acceptors (Lipinski definition) is 0. The molecular weight excluding hydrogens is 312 g/mol. The molecule has 0 aliphatic rings. The van der Waals surface area contributed by atoms with E-state index < -0.39 is 0 Å². The molecule has 0 saturated carbocycles. The first-order valence-electron chi connectivity index (χ1n) is 9.80. The standard InChI is InChI=1S/C26H34/c1-24(2,3)19-12-13-21-18(15-19)14-17-10-11-20(25(4,5)6)16-22(17)23(21)26(7,8)9/h10-16H,1-9H3. The van der Waals surface area contributed by atoms with E-state index in [0.29, 0.717) is 0 Å². The van der Waals surface area contributed by atoms with Gasteiger partial charge in [-0.3, -0.25) is 0 Å². The molecule has 3 aromatic carbocycles. The van der Waals surface area contributed by atoms with E-state index in [1.807, 2.05) is 0 Å². The fourth-order valence-corrected chi connectivity index (χ4v) is 3.86. The monoisotopic (exact) mass is 346 g/mol. The van der Waals surface area contributed by atoms with Crippen LogP contribution in [-0.4, -0.2) is 0 Å². The second kappa shape index (κ2) is 5.84. The van der Waals surface area contributed by atoms with Crippen LogP contribution in [0.3, 0.4) is 0 Å². The molecule has 3 aromatic rings. The molecule has 0 radical (unpaired) electrons. The van der Waals surface area contributed by atoms with Crippen molar-refractivity contribution < 1.29 is 0 Å². The Labute approximate surface area is 159 Å². The predicted octanol–water partition coefficient (Wildman–Crippen LogP) is 7.89. The van der Waals surface area contributed by atoms with Crippen molar-refractivity contribution in [2.24, 2.45) is 0 Å². The lowest BCUT2D eigenvalue weighted by Gasteiger charge is -2.27. The number of hydrogen-bond donors (Lipinski definition) is 0. The molecule has 0 atom stereocenters. The lowest BCUT2D eigenvalue weighted by atomic mass is 9.77. The summed E-state index contributed by atoms with van der Waals surface area (Å²) in [6.45, 7) is 20.7. The molecule has 0 N–H and O–H groups in total. The minimum Gasteiger partial charge on any atom is -0.0579 e. The summed E-state index contributed by atoms with van der Waals surface area (Å²) in [6, 6.07) is 16.5. The quantitative estimate of drug-likeness (QED) is 0.363. The van der Waals surface area contributed by atoms with Gasteiger partial charge >= 0.3 is 0 Å². The highest BCUT2D eigenvalue weighted by atomic mass is 14.3. The van der Waals surface area contributed by atoms with E-state index in [2.05, 4.69) is 105 Å². The van der Waals surface area contributed by atoms with E-state index in [1.54, 1.807) is 0 Å². The molecule has 3 rings (SSSR count). The van der Waals surface area contributed by atoms with Crippen LogP contribution in [0.1, 0.15) is 79.0 Å². The summed E-state index contributed by atoms with van der Waals surface area (Å²) in [6.07, 6.45) is 0. The summed E-state index contributed by atoms with van der Waals surface area (Å²) >= 11 is 0. The summed E-state index contributed by atoms with van der Waals surface area (Å²) in [5.41, 5.74) is 4.70. The average Bonchev–Trinajstić information content (AvgIpc) is 2.48. The summed E-state index contributed by atoms with van der Waals surface area (Å²) < 4.78 is 0. The molecule has 0 aromatic heterocycles. The van der Waals surface area contributed by atoms with Crippen molar-refractivity contribution in [3.8, 4) is 0 Å². The first-order valence-corrected chi connectivity index (χ1v) is 9.80. The van der Waals surface area contributed by atoms with Crippen molar-refractivity contribution >= 4 is 21.5 Å². The lowest BCUT2D eigenvalue weighted by molar-refractivity contribution is 0.588. The first-order chi connectivity index (χ1) is 11.8. The molecule has 0 aliphatic heterocycles. The maximum atomic E-state index is 2.42. The van der Waals surface area contributed by atoms with Crippen LogP contribution in [-0.2, 0) is 16.2 Å². The van der Waals surface area contributed by atoms with Crippen LogP contribution in [0, 0.1) is 0 Å². The smallest absolute Gasteiger partial charge is 0.0120 e. The molecule has 0 amide bonds. The van der Waals surface area contributed by atoms with E-state index in [9.17, 15) is 0 Å². The predicted molar refractivity (Wildman–Crippen MR) is 118 cm³/mol. The van der Waals surface area contributed by atoms with Crippen LogP contribution in [0.5, 0.6) is 0 Å². The third kappa shape index (κ3) is 3.39. The van der Waals surface area contributed by atoms with E-state index in [0.717, 1.165) is 0 Å². The van der Waals surface area contributed by atoms with Gasteiger partial charge in [-0.2, -0.15) is 0 Å². The summed E-state index contributed by atoms with van der Waals surface area (Å²) in [5, 5.41) is 5.50. The molecule has 26 heavy (non-hydrogen) atoms. The zero-order valence-electron chi connectivity index (χ0n) is 18.0. The summed E-state index contributed by atoms with van der Waals surface area (Å²) in [4.78, 5) is 0. The zero-order valence-corrected chi connectivity index (χ0v) is 18.0. The fourth-order valence-electron chi connectivity index (χ4n) is 3.86. The minimum atomic E-state index is 0.0948. The maximum absolute atomic E-state index is 2.42. The van der Waals surface area contributed by atoms with Gasteiger partial charge in [0.05, 0.1) is 0 Å². The first kappa shape index (κ1) is 19.0. The summed E-state index contributed by atoms with van der Waals surface area (Å²) in [5.74, 6) is 0. The molecule has 0 spiro atoms. The van der Waals surface area contributed by atoms with Crippen molar-refractivity contribution in [2.75, 3.05) is 0 Å². The van der Waals surface area contributed by atoms with Crippen LogP contribution >= 0.6 is 0 Å². The van der Waals surface area contributed by atoms with Gasteiger partial charge in [-0.05, 0) is 60.5 Å². The Balaban J connectivity index is 2.44. The molecule has 0 saturated heterocycles. The van der Waals surface area contributed by atoms with E-state index in [1.165, 1.54) is 38.2 Å². The molecule has 0 fully saturated rings. The number of benzene rings is 3. The molecule has 0 aliphatic carbocycles. The highest BCUT2D eigenvalue weighted by Crippen LogP contribution is 2.39. The average molecular weight is 347 g/mol. The van der Waals surface area contributed by atoms with Crippen molar-refractivity contribution in [1.29, 1.82) is 0 Å². The van der Waals surface area contributed by atoms with Crippen LogP contribution in [0.25, 0.3) is 21.5 Å². The minimum absolute atomic E-state index is 0.0948. The van der Waals surface area contributed by atoms with Gasteiger partial charge in [-0.1, -0.05) is 98.7 Å². The number of fused-ring (bicyclic) bond motifs is 2. The number of rotatable bonds is 0. The molecule has 0 heterocycles. The van der Waals surface area contributed by atoms with Gasteiger partial charge in [0, 0.05) is 0 Å². The van der Waals surface area contributed by atoms with Crippen molar-refractivity contribution in [2.45, 2.75) is 78.6 Å². The molecule has 138 valence electrons. The van der Waals surface area contributed by atoms with E-state index >= 15 is 0 Å². The Morgan fingerprint density at radius 1 is 0.462 bits per heavy atom. The SMILES string of the molecule is CC(C)(C)c1ccc2c(C(C)(C)C)c3cc(C(C)(C)C)ccc3cc2c1. The zero-order chi connectivity index (χ0) is 19.5. The van der Waals surface area contributed by atoms with E-state index in [4.69, 9.17) is 0 Å². The lowest BCUT2D eigenvalue weighted by Crippen LogP contribution is -2.15. The van der Waals surface area contributed by atoms with Gasteiger partial charge in [0.2, 0.25) is 0 Å².